The Morgan fingerprint density at radius 2 is 2.10 bits per heavy atom. The lowest BCUT2D eigenvalue weighted by Gasteiger charge is -2.05. The number of hydrogen-bond donors (Lipinski definition) is 2. The summed E-state index contributed by atoms with van der Waals surface area (Å²) in [6, 6.07) is 11.4. The van der Waals surface area contributed by atoms with Crippen LogP contribution in [-0.2, 0) is 13.1 Å². The molecule has 2 N–H and O–H groups in total. The summed E-state index contributed by atoms with van der Waals surface area (Å²) in [5.41, 5.74) is 1.92. The number of nitrogens with one attached hydrogen (secondary N) is 2. The Labute approximate surface area is 122 Å². The minimum absolute atomic E-state index is 0.245. The van der Waals surface area contributed by atoms with Crippen molar-refractivity contribution in [2.75, 3.05) is 5.32 Å². The van der Waals surface area contributed by atoms with Gasteiger partial charge >= 0.3 is 6.03 Å². The molecule has 0 unspecified atom stereocenters. The zero-order chi connectivity index (χ0) is 14.7. The fourth-order valence-corrected chi connectivity index (χ4v) is 2.36. The Morgan fingerprint density at radius 3 is 2.86 bits per heavy atom. The van der Waals surface area contributed by atoms with Crippen LogP contribution in [0.2, 0.25) is 0 Å². The number of amides is 2. The molecule has 0 aliphatic carbocycles. The number of nitrogens with zero attached hydrogens (tertiary/aromatic N) is 1. The van der Waals surface area contributed by atoms with Crippen LogP contribution >= 0.6 is 0 Å². The SMILES string of the molecule is CCn1cc(NC(=O)NCc2ccco2)c2ccccc21. The molecule has 0 aliphatic heterocycles. The summed E-state index contributed by atoms with van der Waals surface area (Å²) in [4.78, 5) is 12.0. The van der Waals surface area contributed by atoms with E-state index in [-0.39, 0.29) is 6.03 Å². The zero-order valence-electron chi connectivity index (χ0n) is 11.8. The largest absolute Gasteiger partial charge is 0.467 e. The molecule has 0 atom stereocenters. The van der Waals surface area contributed by atoms with Gasteiger partial charge in [0.2, 0.25) is 0 Å². The Hall–Kier alpha value is -2.69. The maximum absolute atomic E-state index is 12.0. The third kappa shape index (κ3) is 2.76. The van der Waals surface area contributed by atoms with Crippen molar-refractivity contribution >= 4 is 22.6 Å². The average Bonchev–Trinajstić information content (AvgIpc) is 3.13. The van der Waals surface area contributed by atoms with Crippen LogP contribution in [0.4, 0.5) is 10.5 Å². The first kappa shape index (κ1) is 13.3. The van der Waals surface area contributed by atoms with Crippen molar-refractivity contribution in [3.8, 4) is 0 Å². The number of rotatable bonds is 4. The summed E-state index contributed by atoms with van der Waals surface area (Å²) < 4.78 is 7.29. The molecule has 3 aromatic rings. The van der Waals surface area contributed by atoms with E-state index in [0.29, 0.717) is 6.54 Å². The van der Waals surface area contributed by atoms with E-state index in [2.05, 4.69) is 22.1 Å². The number of fused-ring (bicyclic) bond motifs is 1. The third-order valence-electron chi connectivity index (χ3n) is 3.38. The molecule has 0 spiro atoms. The zero-order valence-corrected chi connectivity index (χ0v) is 11.8. The number of furan rings is 1. The average molecular weight is 283 g/mol. The maximum Gasteiger partial charge on any atom is 0.319 e. The van der Waals surface area contributed by atoms with Gasteiger partial charge in [-0.25, -0.2) is 4.79 Å². The standard InChI is InChI=1S/C16H17N3O2/c1-2-19-11-14(13-7-3-4-8-15(13)19)18-16(20)17-10-12-6-5-9-21-12/h3-9,11H,2,10H2,1H3,(H2,17,18,20). The second kappa shape index (κ2) is 5.75. The van der Waals surface area contributed by atoms with Crippen molar-refractivity contribution < 1.29 is 9.21 Å². The van der Waals surface area contributed by atoms with Crippen LogP contribution in [0.3, 0.4) is 0 Å². The van der Waals surface area contributed by atoms with Crippen LogP contribution in [0.15, 0.2) is 53.3 Å². The van der Waals surface area contributed by atoms with E-state index in [1.807, 2.05) is 36.5 Å². The van der Waals surface area contributed by atoms with E-state index >= 15 is 0 Å². The Morgan fingerprint density at radius 1 is 1.24 bits per heavy atom. The monoisotopic (exact) mass is 283 g/mol. The normalized spacial score (nSPS) is 10.7. The Bertz CT molecular complexity index is 744. The number of carbonyl (C=O) groups is 1. The molecule has 0 radical (unpaired) electrons. The fraction of sp³-hybridized carbons (Fsp3) is 0.188. The van der Waals surface area contributed by atoms with Crippen LogP contribution in [0.1, 0.15) is 12.7 Å². The first-order valence-electron chi connectivity index (χ1n) is 6.93. The van der Waals surface area contributed by atoms with E-state index in [9.17, 15) is 4.79 Å². The van der Waals surface area contributed by atoms with Gasteiger partial charge in [-0.05, 0) is 25.1 Å². The van der Waals surface area contributed by atoms with Crippen molar-refractivity contribution in [1.29, 1.82) is 0 Å². The molecule has 2 heterocycles. The molecular weight excluding hydrogens is 266 g/mol. The lowest BCUT2D eigenvalue weighted by Crippen LogP contribution is -2.27. The molecule has 2 aromatic heterocycles. The highest BCUT2D eigenvalue weighted by Crippen LogP contribution is 2.25. The highest BCUT2D eigenvalue weighted by molar-refractivity contribution is 6.01. The van der Waals surface area contributed by atoms with Crippen LogP contribution in [0, 0.1) is 0 Å². The lowest BCUT2D eigenvalue weighted by molar-refractivity contribution is 0.251. The molecule has 0 saturated carbocycles. The minimum atomic E-state index is -0.245. The van der Waals surface area contributed by atoms with E-state index in [1.54, 1.807) is 12.3 Å². The highest BCUT2D eigenvalue weighted by atomic mass is 16.3. The van der Waals surface area contributed by atoms with Gasteiger partial charge in [-0.2, -0.15) is 0 Å². The molecule has 0 saturated heterocycles. The summed E-state index contributed by atoms with van der Waals surface area (Å²) >= 11 is 0. The Balaban J connectivity index is 1.73. The number of hydrogen-bond acceptors (Lipinski definition) is 2. The quantitative estimate of drug-likeness (QED) is 0.769. The van der Waals surface area contributed by atoms with Crippen molar-refractivity contribution in [2.24, 2.45) is 0 Å². The predicted octanol–water partition coefficient (Wildman–Crippen LogP) is 3.58. The molecule has 0 aliphatic rings. The number of aromatic nitrogens is 1. The van der Waals surface area contributed by atoms with E-state index < -0.39 is 0 Å². The van der Waals surface area contributed by atoms with E-state index in [1.165, 1.54) is 0 Å². The molecule has 21 heavy (non-hydrogen) atoms. The fourth-order valence-electron chi connectivity index (χ4n) is 2.36. The van der Waals surface area contributed by atoms with Crippen molar-refractivity contribution in [2.45, 2.75) is 20.0 Å². The van der Waals surface area contributed by atoms with Gasteiger partial charge in [0.25, 0.3) is 0 Å². The molecule has 108 valence electrons. The molecule has 3 rings (SSSR count). The smallest absolute Gasteiger partial charge is 0.319 e. The summed E-state index contributed by atoms with van der Waals surface area (Å²) in [6.45, 7) is 3.30. The third-order valence-corrected chi connectivity index (χ3v) is 3.38. The first-order chi connectivity index (χ1) is 10.3. The molecule has 5 nitrogen and oxygen atoms in total. The summed E-state index contributed by atoms with van der Waals surface area (Å²) in [6.07, 6.45) is 3.54. The van der Waals surface area contributed by atoms with Gasteiger partial charge in [-0.15, -0.1) is 0 Å². The summed E-state index contributed by atoms with van der Waals surface area (Å²) in [5, 5.41) is 6.70. The molecule has 5 heteroatoms. The number of aryl methyl sites for hydroxylation is 1. The van der Waals surface area contributed by atoms with Gasteiger partial charge in [0, 0.05) is 18.1 Å². The predicted molar refractivity (Wildman–Crippen MR) is 82.2 cm³/mol. The second-order valence-corrected chi connectivity index (χ2v) is 4.73. The summed E-state index contributed by atoms with van der Waals surface area (Å²) in [7, 11) is 0. The molecule has 2 amide bonds. The molecule has 1 aromatic carbocycles. The van der Waals surface area contributed by atoms with Crippen LogP contribution in [0.5, 0.6) is 0 Å². The van der Waals surface area contributed by atoms with Crippen LogP contribution in [-0.4, -0.2) is 10.6 Å². The van der Waals surface area contributed by atoms with Crippen molar-refractivity contribution in [3.63, 3.8) is 0 Å². The minimum Gasteiger partial charge on any atom is -0.467 e. The number of benzene rings is 1. The Kier molecular flexibility index (Phi) is 3.64. The van der Waals surface area contributed by atoms with Gasteiger partial charge in [0.1, 0.15) is 5.76 Å². The van der Waals surface area contributed by atoms with Crippen LogP contribution < -0.4 is 10.6 Å². The molecule has 0 bridgehead atoms. The topological polar surface area (TPSA) is 59.2 Å². The maximum atomic E-state index is 12.0. The molecular formula is C16H17N3O2. The van der Waals surface area contributed by atoms with Crippen molar-refractivity contribution in [1.82, 2.24) is 9.88 Å². The van der Waals surface area contributed by atoms with Gasteiger partial charge < -0.3 is 19.6 Å². The van der Waals surface area contributed by atoms with E-state index in [0.717, 1.165) is 28.9 Å². The van der Waals surface area contributed by atoms with Crippen LogP contribution in [0.25, 0.3) is 10.9 Å². The van der Waals surface area contributed by atoms with E-state index in [4.69, 9.17) is 4.42 Å². The number of anilines is 1. The number of carbonyl (C=O) groups excluding carboxylic acids is 1. The summed E-state index contributed by atoms with van der Waals surface area (Å²) in [5.74, 6) is 0.723. The number of para-hydroxylation sites is 1. The van der Waals surface area contributed by atoms with Gasteiger partial charge in [-0.1, -0.05) is 18.2 Å². The van der Waals surface area contributed by atoms with Gasteiger partial charge in [0.15, 0.2) is 0 Å². The number of urea groups is 1. The van der Waals surface area contributed by atoms with Gasteiger partial charge in [-0.3, -0.25) is 0 Å². The second-order valence-electron chi connectivity index (χ2n) is 4.73. The highest BCUT2D eigenvalue weighted by Gasteiger charge is 2.10. The first-order valence-corrected chi connectivity index (χ1v) is 6.93. The van der Waals surface area contributed by atoms with Gasteiger partial charge in [0.05, 0.1) is 24.0 Å². The molecule has 0 fully saturated rings. The van der Waals surface area contributed by atoms with Crippen molar-refractivity contribution in [3.05, 3.63) is 54.6 Å². The lowest BCUT2D eigenvalue weighted by atomic mass is 10.2.